The van der Waals surface area contributed by atoms with Crippen molar-refractivity contribution in [2.24, 2.45) is 0 Å². The van der Waals surface area contributed by atoms with Crippen LogP contribution in [0.2, 0.25) is 0 Å². The second kappa shape index (κ2) is 10.5. The highest BCUT2D eigenvalue weighted by Gasteiger charge is 2.25. The molecule has 34 heavy (non-hydrogen) atoms. The van der Waals surface area contributed by atoms with Crippen LogP contribution in [0.4, 0.5) is 11.4 Å². The van der Waals surface area contributed by atoms with Crippen molar-refractivity contribution in [3.8, 4) is 5.75 Å². The third-order valence-electron chi connectivity index (χ3n) is 6.63. The predicted molar refractivity (Wildman–Crippen MR) is 138 cm³/mol. The number of ether oxygens (including phenoxy) is 1. The Hall–Kier alpha value is -2.96. The quantitative estimate of drug-likeness (QED) is 0.493. The molecule has 0 aromatic heterocycles. The molecule has 3 aromatic rings. The number of hydrogen-bond donors (Lipinski definition) is 1. The van der Waals surface area contributed by atoms with Crippen molar-refractivity contribution < 1.29 is 9.53 Å². The van der Waals surface area contributed by atoms with Crippen molar-refractivity contribution in [1.82, 2.24) is 10.2 Å². The summed E-state index contributed by atoms with van der Waals surface area (Å²) in [5.74, 6) is 1.08. The van der Waals surface area contributed by atoms with E-state index in [-0.39, 0.29) is 11.9 Å². The van der Waals surface area contributed by atoms with Gasteiger partial charge in [0.25, 0.3) is 0 Å². The van der Waals surface area contributed by atoms with Gasteiger partial charge in [0.05, 0.1) is 18.5 Å². The van der Waals surface area contributed by atoms with E-state index in [1.807, 2.05) is 12.1 Å². The second-order valence-corrected chi connectivity index (χ2v) is 9.95. The molecule has 1 N–H and O–H groups in total. The highest BCUT2D eigenvalue weighted by molar-refractivity contribution is 7.99. The number of benzene rings is 3. The third kappa shape index (κ3) is 5.08. The molecular formula is C28H31N3O2S. The van der Waals surface area contributed by atoms with E-state index < -0.39 is 0 Å². The Morgan fingerprint density at radius 3 is 2.24 bits per heavy atom. The van der Waals surface area contributed by atoms with Crippen LogP contribution < -0.4 is 15.0 Å². The van der Waals surface area contributed by atoms with Crippen molar-refractivity contribution in [1.29, 1.82) is 0 Å². The molecule has 2 aliphatic rings. The standard InChI is InChI=1S/C28H31N3O2S/c1-33-25-11-5-2-8-21(25)20-30-17-14-22(15-18-30)29-28(32)16-19-31-23-9-3-6-12-26(23)34-27-13-7-4-10-24(27)31/h2-13,22H,14-20H2,1H3,(H,29,32). The van der Waals surface area contributed by atoms with E-state index in [2.05, 4.69) is 75.8 Å². The summed E-state index contributed by atoms with van der Waals surface area (Å²) < 4.78 is 5.49. The zero-order valence-electron chi connectivity index (χ0n) is 19.6. The lowest BCUT2D eigenvalue weighted by Crippen LogP contribution is -2.44. The molecule has 0 bridgehead atoms. The SMILES string of the molecule is COc1ccccc1CN1CCC(NC(=O)CCN2c3ccccc3Sc3ccccc32)CC1. The number of carbonyl (C=O) groups excluding carboxylic acids is 1. The van der Waals surface area contributed by atoms with Crippen molar-refractivity contribution in [3.05, 3.63) is 78.4 Å². The molecule has 2 heterocycles. The van der Waals surface area contributed by atoms with E-state index in [0.717, 1.165) is 38.2 Å². The second-order valence-electron chi connectivity index (χ2n) is 8.87. The summed E-state index contributed by atoms with van der Waals surface area (Å²) in [5, 5.41) is 3.29. The molecular weight excluding hydrogens is 442 g/mol. The van der Waals surface area contributed by atoms with Crippen LogP contribution in [0.5, 0.6) is 5.75 Å². The fourth-order valence-electron chi connectivity index (χ4n) is 4.85. The topological polar surface area (TPSA) is 44.8 Å². The summed E-state index contributed by atoms with van der Waals surface area (Å²) in [4.78, 5) is 20.1. The van der Waals surface area contributed by atoms with E-state index in [4.69, 9.17) is 4.74 Å². The maximum Gasteiger partial charge on any atom is 0.222 e. The molecule has 6 heteroatoms. The van der Waals surface area contributed by atoms with Gasteiger partial charge >= 0.3 is 0 Å². The molecule has 0 atom stereocenters. The number of anilines is 2. The molecule has 5 rings (SSSR count). The number of para-hydroxylation sites is 3. The minimum Gasteiger partial charge on any atom is -0.496 e. The van der Waals surface area contributed by atoms with E-state index in [9.17, 15) is 4.79 Å². The lowest BCUT2D eigenvalue weighted by atomic mass is 10.0. The molecule has 1 fully saturated rings. The van der Waals surface area contributed by atoms with Crippen molar-refractivity contribution >= 4 is 29.0 Å². The molecule has 2 aliphatic heterocycles. The van der Waals surface area contributed by atoms with Crippen LogP contribution in [0.1, 0.15) is 24.8 Å². The van der Waals surface area contributed by atoms with Gasteiger partial charge in [0.15, 0.2) is 0 Å². The predicted octanol–water partition coefficient (Wildman–Crippen LogP) is 5.47. The van der Waals surface area contributed by atoms with Gasteiger partial charge in [0, 0.05) is 54.0 Å². The Bertz CT molecular complexity index is 1100. The lowest BCUT2D eigenvalue weighted by molar-refractivity contribution is -0.121. The number of likely N-dealkylation sites (tertiary alicyclic amines) is 1. The Labute approximate surface area is 206 Å². The van der Waals surface area contributed by atoms with Gasteiger partial charge in [-0.15, -0.1) is 0 Å². The zero-order chi connectivity index (χ0) is 23.3. The van der Waals surface area contributed by atoms with Crippen LogP contribution in [0.25, 0.3) is 0 Å². The summed E-state index contributed by atoms with van der Waals surface area (Å²) in [6.07, 6.45) is 2.44. The minimum atomic E-state index is 0.136. The summed E-state index contributed by atoms with van der Waals surface area (Å²) in [7, 11) is 1.72. The van der Waals surface area contributed by atoms with E-state index in [1.54, 1.807) is 18.9 Å². The summed E-state index contributed by atoms with van der Waals surface area (Å²) >= 11 is 1.80. The van der Waals surface area contributed by atoms with Gasteiger partial charge in [-0.05, 0) is 43.2 Å². The number of nitrogens with one attached hydrogen (secondary N) is 1. The molecule has 0 spiro atoms. The molecule has 5 nitrogen and oxygen atoms in total. The van der Waals surface area contributed by atoms with Gasteiger partial charge in [0.1, 0.15) is 5.75 Å². The summed E-state index contributed by atoms with van der Waals surface area (Å²) in [6, 6.07) is 25.3. The maximum absolute atomic E-state index is 12.9. The minimum absolute atomic E-state index is 0.136. The average Bonchev–Trinajstić information content (AvgIpc) is 2.88. The van der Waals surface area contributed by atoms with Crippen molar-refractivity contribution in [2.75, 3.05) is 31.6 Å². The normalized spacial score (nSPS) is 16.0. The number of rotatable bonds is 7. The zero-order valence-corrected chi connectivity index (χ0v) is 20.4. The van der Waals surface area contributed by atoms with Gasteiger partial charge < -0.3 is 15.0 Å². The van der Waals surface area contributed by atoms with Gasteiger partial charge in [-0.2, -0.15) is 0 Å². The molecule has 1 saturated heterocycles. The molecule has 1 amide bonds. The number of fused-ring (bicyclic) bond motifs is 2. The largest absolute Gasteiger partial charge is 0.496 e. The van der Waals surface area contributed by atoms with E-state index in [0.29, 0.717) is 13.0 Å². The number of hydrogen-bond acceptors (Lipinski definition) is 5. The number of amides is 1. The molecule has 176 valence electrons. The number of carbonyl (C=O) groups is 1. The monoisotopic (exact) mass is 473 g/mol. The molecule has 0 saturated carbocycles. The van der Waals surface area contributed by atoms with E-state index in [1.165, 1.54) is 26.7 Å². The molecule has 0 aliphatic carbocycles. The van der Waals surface area contributed by atoms with Crippen LogP contribution in [0, 0.1) is 0 Å². The first kappa shape index (κ1) is 22.8. The fraction of sp³-hybridized carbons (Fsp3) is 0.321. The maximum atomic E-state index is 12.9. The van der Waals surface area contributed by atoms with Crippen LogP contribution in [-0.2, 0) is 11.3 Å². The Morgan fingerprint density at radius 2 is 1.56 bits per heavy atom. The first-order valence-electron chi connectivity index (χ1n) is 12.0. The highest BCUT2D eigenvalue weighted by Crippen LogP contribution is 2.47. The molecule has 0 unspecified atom stereocenters. The van der Waals surface area contributed by atoms with Crippen molar-refractivity contribution in [3.63, 3.8) is 0 Å². The first-order valence-corrected chi connectivity index (χ1v) is 12.8. The molecule has 0 radical (unpaired) electrons. The first-order chi connectivity index (χ1) is 16.7. The Balaban J connectivity index is 1.14. The smallest absolute Gasteiger partial charge is 0.222 e. The van der Waals surface area contributed by atoms with Gasteiger partial charge in [0.2, 0.25) is 5.91 Å². The van der Waals surface area contributed by atoms with E-state index >= 15 is 0 Å². The average molecular weight is 474 g/mol. The number of methoxy groups -OCH3 is 1. The van der Waals surface area contributed by atoms with Gasteiger partial charge in [-0.25, -0.2) is 0 Å². The third-order valence-corrected chi connectivity index (χ3v) is 7.76. The highest BCUT2D eigenvalue weighted by atomic mass is 32.2. The number of piperidine rings is 1. The summed E-state index contributed by atoms with van der Waals surface area (Å²) in [5.41, 5.74) is 3.58. The van der Waals surface area contributed by atoms with Gasteiger partial charge in [-0.3, -0.25) is 9.69 Å². The van der Waals surface area contributed by atoms with Crippen LogP contribution in [0.3, 0.4) is 0 Å². The van der Waals surface area contributed by atoms with Crippen molar-refractivity contribution in [2.45, 2.75) is 41.6 Å². The van der Waals surface area contributed by atoms with Crippen LogP contribution >= 0.6 is 11.8 Å². The van der Waals surface area contributed by atoms with Gasteiger partial charge in [-0.1, -0.05) is 54.2 Å². The Kier molecular flexibility index (Phi) is 7.07. The number of nitrogens with zero attached hydrogens (tertiary/aromatic N) is 2. The lowest BCUT2D eigenvalue weighted by Gasteiger charge is -2.34. The fourth-order valence-corrected chi connectivity index (χ4v) is 5.94. The molecule has 3 aromatic carbocycles. The summed E-state index contributed by atoms with van der Waals surface area (Å²) in [6.45, 7) is 3.52. The van der Waals surface area contributed by atoms with Crippen LogP contribution in [0.15, 0.2) is 82.6 Å². The Morgan fingerprint density at radius 1 is 0.941 bits per heavy atom. The van der Waals surface area contributed by atoms with Crippen LogP contribution in [-0.4, -0.2) is 43.6 Å².